The van der Waals surface area contributed by atoms with Gasteiger partial charge in [0.05, 0.1) is 12.1 Å². The molecule has 1 heterocycles. The number of hydrogen-bond acceptors (Lipinski definition) is 3. The lowest BCUT2D eigenvalue weighted by atomic mass is 9.99. The van der Waals surface area contributed by atoms with Crippen LogP contribution in [0.3, 0.4) is 0 Å². The maximum Gasteiger partial charge on any atom is 0.248 e. The van der Waals surface area contributed by atoms with Crippen molar-refractivity contribution in [1.29, 1.82) is 0 Å². The van der Waals surface area contributed by atoms with Crippen molar-refractivity contribution in [2.24, 2.45) is 5.92 Å². The maximum atomic E-state index is 13.1. The monoisotopic (exact) mass is 344 g/mol. The lowest BCUT2D eigenvalue weighted by molar-refractivity contribution is -0.140. The van der Waals surface area contributed by atoms with E-state index in [1.54, 1.807) is 6.92 Å². The minimum absolute atomic E-state index is 0.0168. The number of aryl methyl sites for hydroxylation is 2. The molecule has 2 N–H and O–H groups in total. The van der Waals surface area contributed by atoms with E-state index in [0.717, 1.165) is 31.2 Å². The summed E-state index contributed by atoms with van der Waals surface area (Å²) in [5.41, 5.74) is 3.58. The molecule has 136 valence electrons. The number of aliphatic hydroxyl groups is 1. The van der Waals surface area contributed by atoms with E-state index in [1.165, 1.54) is 11.1 Å². The molecule has 2 fully saturated rings. The molecule has 2 amide bonds. The fourth-order valence-corrected chi connectivity index (χ4v) is 3.53. The van der Waals surface area contributed by atoms with Gasteiger partial charge in [-0.25, -0.2) is 0 Å². The van der Waals surface area contributed by atoms with Gasteiger partial charge in [0.1, 0.15) is 6.04 Å². The van der Waals surface area contributed by atoms with Crippen LogP contribution >= 0.6 is 0 Å². The van der Waals surface area contributed by atoms with Crippen molar-refractivity contribution < 1.29 is 14.7 Å². The van der Waals surface area contributed by atoms with Crippen molar-refractivity contribution in [3.63, 3.8) is 0 Å². The maximum absolute atomic E-state index is 13.1. The first-order chi connectivity index (χ1) is 11.9. The Kier molecular flexibility index (Phi) is 5.13. The number of nitrogens with zero attached hydrogens (tertiary/aromatic N) is 1. The van der Waals surface area contributed by atoms with E-state index < -0.39 is 12.1 Å². The van der Waals surface area contributed by atoms with Crippen LogP contribution in [0, 0.1) is 19.8 Å². The summed E-state index contributed by atoms with van der Waals surface area (Å²) in [5.74, 6) is -0.269. The number of amides is 2. The number of nitrogens with one attached hydrogen (secondary N) is 1. The first-order valence-corrected chi connectivity index (χ1v) is 9.24. The third-order valence-electron chi connectivity index (χ3n) is 5.45. The number of carbonyl (C=O) groups excluding carboxylic acids is 2. The van der Waals surface area contributed by atoms with Crippen LogP contribution in [-0.2, 0) is 9.59 Å². The fourth-order valence-electron chi connectivity index (χ4n) is 3.53. The highest BCUT2D eigenvalue weighted by Crippen LogP contribution is 2.34. The molecule has 2 aliphatic rings. The highest BCUT2D eigenvalue weighted by Gasteiger charge is 2.39. The van der Waals surface area contributed by atoms with Crippen LogP contribution in [-0.4, -0.2) is 40.5 Å². The Morgan fingerprint density at radius 2 is 1.92 bits per heavy atom. The summed E-state index contributed by atoms with van der Waals surface area (Å²) in [7, 11) is 0. The Morgan fingerprint density at radius 1 is 1.20 bits per heavy atom. The van der Waals surface area contributed by atoms with Crippen LogP contribution in [0.2, 0.25) is 0 Å². The normalized spacial score (nSPS) is 22.6. The molecule has 1 saturated heterocycles. The molecule has 1 aliphatic heterocycles. The van der Waals surface area contributed by atoms with Gasteiger partial charge in [-0.15, -0.1) is 0 Å². The molecule has 1 aromatic carbocycles. The molecule has 0 radical (unpaired) electrons. The average molecular weight is 344 g/mol. The molecule has 0 unspecified atom stereocenters. The molecule has 0 spiro atoms. The van der Waals surface area contributed by atoms with Gasteiger partial charge < -0.3 is 15.3 Å². The quantitative estimate of drug-likeness (QED) is 0.861. The molecule has 1 saturated carbocycles. The topological polar surface area (TPSA) is 69.6 Å². The number of carbonyl (C=O) groups is 2. The van der Waals surface area contributed by atoms with E-state index >= 15 is 0 Å². The van der Waals surface area contributed by atoms with E-state index in [4.69, 9.17) is 0 Å². The molecule has 5 heteroatoms. The lowest BCUT2D eigenvalue weighted by Gasteiger charge is -2.31. The van der Waals surface area contributed by atoms with Gasteiger partial charge >= 0.3 is 0 Å². The van der Waals surface area contributed by atoms with E-state index in [-0.39, 0.29) is 23.8 Å². The largest absolute Gasteiger partial charge is 0.391 e. The van der Waals surface area contributed by atoms with E-state index in [1.807, 2.05) is 4.90 Å². The second kappa shape index (κ2) is 7.16. The molecule has 0 bridgehead atoms. The summed E-state index contributed by atoms with van der Waals surface area (Å²) in [5, 5.41) is 12.8. The van der Waals surface area contributed by atoms with Crippen LogP contribution in [0.25, 0.3) is 0 Å². The number of benzene rings is 1. The van der Waals surface area contributed by atoms with Crippen molar-refractivity contribution in [1.82, 2.24) is 10.2 Å². The smallest absolute Gasteiger partial charge is 0.248 e. The summed E-state index contributed by atoms with van der Waals surface area (Å²) in [6.45, 7) is 6.39. The predicted molar refractivity (Wildman–Crippen MR) is 95.9 cm³/mol. The predicted octanol–water partition coefficient (Wildman–Crippen LogP) is 2.24. The summed E-state index contributed by atoms with van der Waals surface area (Å²) in [6.07, 6.45) is 2.70. The van der Waals surface area contributed by atoms with Crippen molar-refractivity contribution in [2.75, 3.05) is 6.54 Å². The summed E-state index contributed by atoms with van der Waals surface area (Å²) < 4.78 is 0. The Labute approximate surface area is 149 Å². The minimum atomic E-state index is -0.906. The molecular weight excluding hydrogens is 316 g/mol. The molecule has 3 atom stereocenters. The van der Waals surface area contributed by atoms with Gasteiger partial charge in [0, 0.05) is 12.5 Å². The van der Waals surface area contributed by atoms with Gasteiger partial charge in [0.25, 0.3) is 0 Å². The lowest BCUT2D eigenvalue weighted by Crippen LogP contribution is -2.53. The van der Waals surface area contributed by atoms with Gasteiger partial charge in [0.2, 0.25) is 11.8 Å². The number of rotatable bonds is 5. The first-order valence-electron chi connectivity index (χ1n) is 9.24. The van der Waals surface area contributed by atoms with Gasteiger partial charge in [-0.2, -0.15) is 0 Å². The van der Waals surface area contributed by atoms with Gasteiger partial charge in [-0.1, -0.05) is 18.2 Å². The van der Waals surface area contributed by atoms with Crippen molar-refractivity contribution in [2.45, 2.75) is 64.6 Å². The molecule has 1 aromatic rings. The SMILES string of the molecule is Cc1ccc([C@@H]2CCCN2C(=O)[C@H](NC(=O)C2CC2)[C@@H](C)O)cc1C. The highest BCUT2D eigenvalue weighted by molar-refractivity contribution is 5.90. The zero-order valence-electron chi connectivity index (χ0n) is 15.3. The molecule has 5 nitrogen and oxygen atoms in total. The molecule has 3 rings (SSSR count). The fraction of sp³-hybridized carbons (Fsp3) is 0.600. The summed E-state index contributed by atoms with van der Waals surface area (Å²) in [4.78, 5) is 27.0. The highest BCUT2D eigenvalue weighted by atomic mass is 16.3. The second-order valence-electron chi connectivity index (χ2n) is 7.53. The standard InChI is InChI=1S/C20H28N2O3/c1-12-6-7-16(11-13(12)2)17-5-4-10-22(17)20(25)18(14(3)23)21-19(24)15-8-9-15/h6-7,11,14-15,17-18,23H,4-5,8-10H2,1-3H3,(H,21,24)/t14-,17+,18-/m1/s1. The van der Waals surface area contributed by atoms with Crippen molar-refractivity contribution >= 4 is 11.8 Å². The third-order valence-corrected chi connectivity index (χ3v) is 5.45. The van der Waals surface area contributed by atoms with Crippen LogP contribution in [0.1, 0.15) is 55.3 Å². The number of hydrogen-bond donors (Lipinski definition) is 2. The zero-order chi connectivity index (χ0) is 18.1. The number of aliphatic hydroxyl groups excluding tert-OH is 1. The van der Waals surface area contributed by atoms with E-state index in [9.17, 15) is 14.7 Å². The van der Waals surface area contributed by atoms with Gasteiger partial charge in [-0.3, -0.25) is 9.59 Å². The Bertz CT molecular complexity index is 667. The molecule has 25 heavy (non-hydrogen) atoms. The van der Waals surface area contributed by atoms with Crippen molar-refractivity contribution in [3.8, 4) is 0 Å². The van der Waals surface area contributed by atoms with E-state index in [0.29, 0.717) is 6.54 Å². The van der Waals surface area contributed by atoms with Crippen LogP contribution in [0.15, 0.2) is 18.2 Å². The average Bonchev–Trinajstić information content (AvgIpc) is 3.31. The zero-order valence-corrected chi connectivity index (χ0v) is 15.3. The number of likely N-dealkylation sites (tertiary alicyclic amines) is 1. The minimum Gasteiger partial charge on any atom is -0.391 e. The molecular formula is C20H28N2O3. The van der Waals surface area contributed by atoms with Gasteiger partial charge in [0.15, 0.2) is 0 Å². The molecule has 1 aliphatic carbocycles. The summed E-state index contributed by atoms with van der Waals surface area (Å²) in [6, 6.07) is 5.48. The van der Waals surface area contributed by atoms with E-state index in [2.05, 4.69) is 37.4 Å². The Balaban J connectivity index is 1.77. The molecule has 0 aromatic heterocycles. The summed E-state index contributed by atoms with van der Waals surface area (Å²) >= 11 is 0. The Hall–Kier alpha value is -1.88. The van der Waals surface area contributed by atoms with Crippen LogP contribution in [0.5, 0.6) is 0 Å². The Morgan fingerprint density at radius 3 is 2.52 bits per heavy atom. The third kappa shape index (κ3) is 3.87. The van der Waals surface area contributed by atoms with Gasteiger partial charge in [-0.05, 0) is 63.1 Å². The van der Waals surface area contributed by atoms with Crippen LogP contribution in [0.4, 0.5) is 0 Å². The first kappa shape index (κ1) is 17.9. The van der Waals surface area contributed by atoms with Crippen molar-refractivity contribution in [3.05, 3.63) is 34.9 Å². The van der Waals surface area contributed by atoms with Crippen LogP contribution < -0.4 is 5.32 Å². The second-order valence-corrected chi connectivity index (χ2v) is 7.53.